The molecule has 9 heteroatoms. The molecule has 0 fully saturated rings. The first-order valence-electron chi connectivity index (χ1n) is 5.97. The summed E-state index contributed by atoms with van der Waals surface area (Å²) in [4.78, 5) is 30.1. The molecule has 0 bridgehead atoms. The van der Waals surface area contributed by atoms with Gasteiger partial charge in [0.15, 0.2) is 5.16 Å². The third kappa shape index (κ3) is 3.92. The summed E-state index contributed by atoms with van der Waals surface area (Å²) < 4.78 is 5.31. The molecular weight excluding hydrogens is 280 g/mol. The smallest absolute Gasteiger partial charge is 0.322 e. The lowest BCUT2D eigenvalue weighted by molar-refractivity contribution is 0.288. The van der Waals surface area contributed by atoms with E-state index in [1.54, 1.807) is 6.92 Å². The van der Waals surface area contributed by atoms with Crippen molar-refractivity contribution in [3.8, 4) is 6.01 Å². The van der Waals surface area contributed by atoms with Gasteiger partial charge in [-0.1, -0.05) is 6.92 Å². The second-order valence-electron chi connectivity index (χ2n) is 3.90. The molecule has 20 heavy (non-hydrogen) atoms. The molecule has 0 amide bonds. The molecule has 0 spiro atoms. The van der Waals surface area contributed by atoms with Gasteiger partial charge in [0.25, 0.3) is 5.56 Å². The Morgan fingerprint density at radius 1 is 1.35 bits per heavy atom. The highest BCUT2D eigenvalue weighted by Crippen LogP contribution is 2.22. The highest BCUT2D eigenvalue weighted by atomic mass is 32.2. The van der Waals surface area contributed by atoms with Crippen molar-refractivity contribution in [3.63, 3.8) is 0 Å². The van der Waals surface area contributed by atoms with Crippen LogP contribution in [0.5, 0.6) is 6.01 Å². The Kier molecular flexibility index (Phi) is 4.51. The predicted octanol–water partition coefficient (Wildman–Crippen LogP) is 0.786. The second-order valence-corrected chi connectivity index (χ2v) is 4.86. The molecule has 0 saturated carbocycles. The zero-order valence-electron chi connectivity index (χ0n) is 11.1. The molecule has 2 heterocycles. The van der Waals surface area contributed by atoms with E-state index in [4.69, 9.17) is 10.5 Å². The van der Waals surface area contributed by atoms with Crippen LogP contribution < -0.4 is 16.0 Å². The van der Waals surface area contributed by atoms with Crippen LogP contribution in [0.25, 0.3) is 0 Å². The Morgan fingerprint density at radius 2 is 2.15 bits per heavy atom. The average molecular weight is 294 g/mol. The SMILES string of the molecule is CCCOc1nc(N)nc(Sc2nc(C)cc(=O)[nH]2)n1. The summed E-state index contributed by atoms with van der Waals surface area (Å²) in [5.74, 6) is 0.0589. The quantitative estimate of drug-likeness (QED) is 0.776. The van der Waals surface area contributed by atoms with Crippen molar-refractivity contribution in [1.82, 2.24) is 24.9 Å². The van der Waals surface area contributed by atoms with Crippen LogP contribution >= 0.6 is 11.8 Å². The van der Waals surface area contributed by atoms with E-state index in [-0.39, 0.29) is 17.5 Å². The topological polar surface area (TPSA) is 120 Å². The zero-order chi connectivity index (χ0) is 14.5. The Labute approximate surface area is 119 Å². The number of aryl methyl sites for hydroxylation is 1. The predicted molar refractivity (Wildman–Crippen MR) is 73.7 cm³/mol. The number of ether oxygens (including phenoxy) is 1. The molecule has 0 atom stereocenters. The fourth-order valence-electron chi connectivity index (χ4n) is 1.34. The van der Waals surface area contributed by atoms with Gasteiger partial charge in [-0.25, -0.2) is 4.98 Å². The number of hydrogen-bond donors (Lipinski definition) is 2. The van der Waals surface area contributed by atoms with Crippen molar-refractivity contribution in [3.05, 3.63) is 22.1 Å². The number of nitrogens with two attached hydrogens (primary N) is 1. The Balaban J connectivity index is 2.23. The van der Waals surface area contributed by atoms with Gasteiger partial charge in [0.2, 0.25) is 11.1 Å². The lowest BCUT2D eigenvalue weighted by Gasteiger charge is -2.05. The van der Waals surface area contributed by atoms with Crippen LogP contribution in [0.15, 0.2) is 21.2 Å². The maximum absolute atomic E-state index is 11.4. The normalized spacial score (nSPS) is 10.5. The first kappa shape index (κ1) is 14.3. The van der Waals surface area contributed by atoms with Gasteiger partial charge in [-0.3, -0.25) is 4.79 Å². The van der Waals surface area contributed by atoms with Crippen LogP contribution in [-0.4, -0.2) is 31.5 Å². The van der Waals surface area contributed by atoms with Crippen LogP contribution in [0, 0.1) is 6.92 Å². The molecule has 0 unspecified atom stereocenters. The van der Waals surface area contributed by atoms with E-state index in [1.807, 2.05) is 6.92 Å². The Hall–Kier alpha value is -2.16. The van der Waals surface area contributed by atoms with Gasteiger partial charge < -0.3 is 15.5 Å². The fourth-order valence-corrected chi connectivity index (χ4v) is 2.12. The molecule has 0 aromatic carbocycles. The van der Waals surface area contributed by atoms with Crippen molar-refractivity contribution >= 4 is 17.7 Å². The number of nitrogens with zero attached hydrogens (tertiary/aromatic N) is 4. The number of nitrogen functional groups attached to an aromatic ring is 1. The van der Waals surface area contributed by atoms with Crippen molar-refractivity contribution in [2.75, 3.05) is 12.3 Å². The van der Waals surface area contributed by atoms with Crippen LogP contribution in [0.1, 0.15) is 19.0 Å². The molecule has 0 aliphatic carbocycles. The largest absolute Gasteiger partial charge is 0.463 e. The molecule has 2 aromatic rings. The highest BCUT2D eigenvalue weighted by molar-refractivity contribution is 7.99. The lowest BCUT2D eigenvalue weighted by atomic mass is 10.5. The van der Waals surface area contributed by atoms with Crippen molar-refractivity contribution in [1.29, 1.82) is 0 Å². The van der Waals surface area contributed by atoms with Gasteiger partial charge in [-0.15, -0.1) is 0 Å². The second kappa shape index (κ2) is 6.33. The number of anilines is 1. The molecule has 8 nitrogen and oxygen atoms in total. The van der Waals surface area contributed by atoms with Crippen molar-refractivity contribution < 1.29 is 4.74 Å². The van der Waals surface area contributed by atoms with Gasteiger partial charge in [0.05, 0.1) is 6.61 Å². The molecule has 3 N–H and O–H groups in total. The Morgan fingerprint density at radius 3 is 2.85 bits per heavy atom. The maximum atomic E-state index is 11.4. The molecule has 0 aliphatic heterocycles. The summed E-state index contributed by atoms with van der Waals surface area (Å²) in [5, 5.41) is 0.708. The third-order valence-corrected chi connectivity index (χ3v) is 2.83. The monoisotopic (exact) mass is 294 g/mol. The molecule has 0 aliphatic rings. The van der Waals surface area contributed by atoms with Crippen molar-refractivity contribution in [2.45, 2.75) is 30.6 Å². The zero-order valence-corrected chi connectivity index (χ0v) is 11.9. The summed E-state index contributed by atoms with van der Waals surface area (Å²) in [5.41, 5.74) is 5.98. The van der Waals surface area contributed by atoms with Crippen LogP contribution in [0.2, 0.25) is 0 Å². The maximum Gasteiger partial charge on any atom is 0.322 e. The molecule has 0 saturated heterocycles. The molecule has 2 aromatic heterocycles. The van der Waals surface area contributed by atoms with Gasteiger partial charge in [0.1, 0.15) is 0 Å². The van der Waals surface area contributed by atoms with Gasteiger partial charge in [-0.05, 0) is 25.1 Å². The van der Waals surface area contributed by atoms with Gasteiger partial charge in [0, 0.05) is 11.8 Å². The van der Waals surface area contributed by atoms with Gasteiger partial charge in [-0.2, -0.15) is 15.0 Å². The number of H-pyrrole nitrogens is 1. The molecular formula is C11H14N6O2S. The lowest BCUT2D eigenvalue weighted by Crippen LogP contribution is -2.09. The highest BCUT2D eigenvalue weighted by Gasteiger charge is 2.09. The summed E-state index contributed by atoms with van der Waals surface area (Å²) in [6.45, 7) is 4.20. The van der Waals surface area contributed by atoms with E-state index >= 15 is 0 Å². The van der Waals surface area contributed by atoms with Crippen LogP contribution in [0.3, 0.4) is 0 Å². The van der Waals surface area contributed by atoms with E-state index in [0.717, 1.165) is 18.2 Å². The minimum absolute atomic E-state index is 0.0589. The molecule has 106 valence electrons. The number of hydrogen-bond acceptors (Lipinski definition) is 8. The van der Waals surface area contributed by atoms with E-state index < -0.39 is 0 Å². The molecule has 2 rings (SSSR count). The first-order valence-corrected chi connectivity index (χ1v) is 6.78. The fraction of sp³-hybridized carbons (Fsp3) is 0.364. The summed E-state index contributed by atoms with van der Waals surface area (Å²) in [7, 11) is 0. The standard InChI is InChI=1S/C11H14N6O2S/c1-3-4-19-9-15-8(12)16-11(17-9)20-10-13-6(2)5-7(18)14-10/h5H,3-4H2,1-2H3,(H,13,14,18)(H2,12,15,16,17). The third-order valence-electron chi connectivity index (χ3n) is 2.08. The minimum atomic E-state index is -0.232. The summed E-state index contributed by atoms with van der Waals surface area (Å²) >= 11 is 1.09. The number of rotatable bonds is 5. The summed E-state index contributed by atoms with van der Waals surface area (Å²) in [6.07, 6.45) is 0.834. The average Bonchev–Trinajstić information content (AvgIpc) is 2.34. The number of aromatic amines is 1. The van der Waals surface area contributed by atoms with E-state index in [2.05, 4.69) is 24.9 Å². The van der Waals surface area contributed by atoms with Crippen LogP contribution in [-0.2, 0) is 0 Å². The van der Waals surface area contributed by atoms with Crippen LogP contribution in [0.4, 0.5) is 5.95 Å². The van der Waals surface area contributed by atoms with E-state index in [9.17, 15) is 4.79 Å². The van der Waals surface area contributed by atoms with E-state index in [0.29, 0.717) is 22.6 Å². The van der Waals surface area contributed by atoms with E-state index in [1.165, 1.54) is 6.07 Å². The van der Waals surface area contributed by atoms with Crippen molar-refractivity contribution in [2.24, 2.45) is 0 Å². The van der Waals surface area contributed by atoms with Gasteiger partial charge >= 0.3 is 6.01 Å². The molecule has 0 radical (unpaired) electrons. The first-order chi connectivity index (χ1) is 9.56. The minimum Gasteiger partial charge on any atom is -0.463 e. The summed E-state index contributed by atoms with van der Waals surface area (Å²) in [6, 6.07) is 1.57. The number of aromatic nitrogens is 5. The Bertz CT molecular complexity index is 660. The number of nitrogens with one attached hydrogen (secondary N) is 1.